The van der Waals surface area contributed by atoms with Crippen molar-refractivity contribution in [3.63, 3.8) is 0 Å². The van der Waals surface area contributed by atoms with E-state index in [1.54, 1.807) is 31.9 Å². The number of imide groups is 1. The fourth-order valence-corrected chi connectivity index (χ4v) is 5.25. The third-order valence-electron chi connectivity index (χ3n) is 7.32. The lowest BCUT2D eigenvalue weighted by Gasteiger charge is -2.34. The van der Waals surface area contributed by atoms with Crippen LogP contribution in [0.1, 0.15) is 88.3 Å². The average molecular weight is 546 g/mol. The topological polar surface area (TPSA) is 116 Å². The zero-order valence-corrected chi connectivity index (χ0v) is 24.1. The highest BCUT2D eigenvalue weighted by Crippen LogP contribution is 2.28. The Kier molecular flexibility index (Phi) is 8.77. The van der Waals surface area contributed by atoms with Crippen LogP contribution in [0, 0.1) is 11.3 Å². The summed E-state index contributed by atoms with van der Waals surface area (Å²) in [4.78, 5) is 46.2. The van der Waals surface area contributed by atoms with Crippen LogP contribution in [0.5, 0.6) is 0 Å². The van der Waals surface area contributed by atoms with E-state index in [0.717, 1.165) is 54.4 Å². The summed E-state index contributed by atoms with van der Waals surface area (Å²) in [5, 5.41) is 12.6. The van der Waals surface area contributed by atoms with Crippen LogP contribution in [0.4, 0.5) is 9.59 Å². The highest BCUT2D eigenvalue weighted by atomic mass is 16.6. The molecule has 1 unspecified atom stereocenters. The number of nitrogens with zero attached hydrogens (tertiary/aromatic N) is 4. The molecule has 2 heterocycles. The summed E-state index contributed by atoms with van der Waals surface area (Å²) >= 11 is 0. The minimum Gasteiger partial charge on any atom is -0.443 e. The lowest BCUT2D eigenvalue weighted by molar-refractivity contribution is 0.0220. The molecule has 1 aliphatic carbocycles. The third kappa shape index (κ3) is 6.79. The maximum atomic E-state index is 13.3. The van der Waals surface area contributed by atoms with Crippen molar-refractivity contribution >= 4 is 18.0 Å². The number of pyridine rings is 1. The number of ether oxygens (including phenoxy) is 1. The van der Waals surface area contributed by atoms with E-state index in [1.165, 1.54) is 4.90 Å². The number of hydrogen-bond donors (Lipinski definition) is 1. The maximum absolute atomic E-state index is 13.3. The molecule has 2 aliphatic rings. The number of hydrogen-bond acceptors (Lipinski definition) is 6. The molecule has 4 amide bonds. The molecule has 0 spiro atoms. The van der Waals surface area contributed by atoms with E-state index in [0.29, 0.717) is 12.2 Å². The molecular formula is C31H39N5O4. The molecule has 1 aliphatic heterocycles. The van der Waals surface area contributed by atoms with E-state index in [1.807, 2.05) is 44.2 Å². The van der Waals surface area contributed by atoms with Gasteiger partial charge in [0, 0.05) is 42.4 Å². The quantitative estimate of drug-likeness (QED) is 0.489. The van der Waals surface area contributed by atoms with Crippen LogP contribution >= 0.6 is 0 Å². The van der Waals surface area contributed by atoms with Gasteiger partial charge in [-0.25, -0.2) is 14.5 Å². The summed E-state index contributed by atoms with van der Waals surface area (Å²) in [6.45, 7) is 9.83. The van der Waals surface area contributed by atoms with E-state index < -0.39 is 23.8 Å². The van der Waals surface area contributed by atoms with Crippen LogP contribution in [-0.4, -0.2) is 56.5 Å². The predicted molar refractivity (Wildman–Crippen MR) is 151 cm³/mol. The van der Waals surface area contributed by atoms with E-state index in [4.69, 9.17) is 4.74 Å². The molecule has 9 nitrogen and oxygen atoms in total. The van der Waals surface area contributed by atoms with Gasteiger partial charge in [0.2, 0.25) is 0 Å². The summed E-state index contributed by atoms with van der Waals surface area (Å²) in [6, 6.07) is 10.3. The molecule has 1 aromatic heterocycles. The maximum Gasteiger partial charge on any atom is 0.418 e. The Morgan fingerprint density at radius 3 is 2.42 bits per heavy atom. The minimum atomic E-state index is -0.818. The molecule has 1 aromatic carbocycles. The molecule has 1 N–H and O–H groups in total. The normalized spacial score (nSPS) is 16.3. The van der Waals surface area contributed by atoms with Gasteiger partial charge in [-0.3, -0.25) is 9.78 Å². The molecule has 0 saturated heterocycles. The molecule has 9 heteroatoms. The fraction of sp³-hybridized carbons (Fsp3) is 0.516. The lowest BCUT2D eigenvalue weighted by Crippen LogP contribution is -2.53. The van der Waals surface area contributed by atoms with Crippen LogP contribution in [0.2, 0.25) is 0 Å². The van der Waals surface area contributed by atoms with E-state index in [-0.39, 0.29) is 24.4 Å². The molecule has 40 heavy (non-hydrogen) atoms. The Hall–Kier alpha value is -3.93. The molecule has 2 aromatic rings. The molecule has 1 saturated carbocycles. The molecule has 0 radical (unpaired) electrons. The average Bonchev–Trinajstić information content (AvgIpc) is 3.24. The van der Waals surface area contributed by atoms with Crippen molar-refractivity contribution in [2.24, 2.45) is 0 Å². The number of nitrogens with one attached hydrogen (secondary N) is 1. The standard InChI is InChI=1S/C31H39N5O4/c1-20(2)35-19-24-16-23(18-33-27(24)28(35)37)22-13-11-21(12-14-22)15-25(17-32)34-29(38)36(26-9-7-6-8-10-26)30(39)40-31(3,4)5/h11-14,16,18,20,25-26H,6-10,15,19H2,1-5H3,(H,34,38). The number of carbonyl (C=O) groups excluding carboxylic acids is 3. The molecule has 4 rings (SSSR count). The van der Waals surface area contributed by atoms with Crippen LogP contribution in [0.25, 0.3) is 11.1 Å². The molecule has 1 fully saturated rings. The van der Waals surface area contributed by atoms with Crippen molar-refractivity contribution in [2.75, 3.05) is 0 Å². The van der Waals surface area contributed by atoms with Crippen molar-refractivity contribution in [3.05, 3.63) is 53.3 Å². The summed E-state index contributed by atoms with van der Waals surface area (Å²) < 4.78 is 5.53. The number of urea groups is 1. The largest absolute Gasteiger partial charge is 0.443 e. The number of fused-ring (bicyclic) bond motifs is 1. The predicted octanol–water partition coefficient (Wildman–Crippen LogP) is 5.83. The van der Waals surface area contributed by atoms with Gasteiger partial charge in [-0.2, -0.15) is 5.26 Å². The van der Waals surface area contributed by atoms with Gasteiger partial charge in [0.05, 0.1) is 6.07 Å². The van der Waals surface area contributed by atoms with Gasteiger partial charge < -0.3 is 15.0 Å². The van der Waals surface area contributed by atoms with E-state index in [9.17, 15) is 19.6 Å². The number of rotatable bonds is 6. The first-order valence-corrected chi connectivity index (χ1v) is 14.1. The van der Waals surface area contributed by atoms with Crippen molar-refractivity contribution in [1.82, 2.24) is 20.1 Å². The van der Waals surface area contributed by atoms with Crippen molar-refractivity contribution in [1.29, 1.82) is 5.26 Å². The van der Waals surface area contributed by atoms with Crippen molar-refractivity contribution in [2.45, 2.75) is 103 Å². The zero-order chi connectivity index (χ0) is 29.0. The van der Waals surface area contributed by atoms with Gasteiger partial charge in [-0.05, 0) is 64.7 Å². The highest BCUT2D eigenvalue weighted by molar-refractivity contribution is 5.97. The zero-order valence-electron chi connectivity index (χ0n) is 24.1. The van der Waals surface area contributed by atoms with E-state index >= 15 is 0 Å². The summed E-state index contributed by atoms with van der Waals surface area (Å²) in [5.74, 6) is -0.0368. The second-order valence-electron chi connectivity index (χ2n) is 11.9. The Morgan fingerprint density at radius 2 is 1.82 bits per heavy atom. The molecular weight excluding hydrogens is 506 g/mol. The number of amides is 4. The number of aromatic nitrogens is 1. The second-order valence-corrected chi connectivity index (χ2v) is 11.9. The Bertz CT molecular complexity index is 1290. The van der Waals surface area contributed by atoms with Gasteiger partial charge in [0.25, 0.3) is 5.91 Å². The first-order valence-electron chi connectivity index (χ1n) is 14.1. The number of carbonyl (C=O) groups is 3. The third-order valence-corrected chi connectivity index (χ3v) is 7.32. The van der Waals surface area contributed by atoms with E-state index in [2.05, 4.69) is 16.4 Å². The first kappa shape index (κ1) is 29.1. The van der Waals surface area contributed by atoms with Gasteiger partial charge >= 0.3 is 12.1 Å². The van der Waals surface area contributed by atoms with Crippen molar-refractivity contribution in [3.8, 4) is 17.2 Å². The second kappa shape index (κ2) is 12.1. The van der Waals surface area contributed by atoms with Crippen LogP contribution in [0.3, 0.4) is 0 Å². The molecule has 0 bridgehead atoms. The van der Waals surface area contributed by atoms with Gasteiger partial charge in [-0.15, -0.1) is 0 Å². The lowest BCUT2D eigenvalue weighted by atomic mass is 9.94. The van der Waals surface area contributed by atoms with Crippen LogP contribution < -0.4 is 5.32 Å². The Morgan fingerprint density at radius 1 is 1.15 bits per heavy atom. The van der Waals surface area contributed by atoms with Gasteiger partial charge in [-0.1, -0.05) is 43.5 Å². The smallest absolute Gasteiger partial charge is 0.418 e. The van der Waals surface area contributed by atoms with Gasteiger partial charge in [0.15, 0.2) is 0 Å². The summed E-state index contributed by atoms with van der Waals surface area (Å²) in [7, 11) is 0. The number of benzene rings is 1. The van der Waals surface area contributed by atoms with Crippen LogP contribution in [-0.2, 0) is 17.7 Å². The first-order chi connectivity index (χ1) is 19.0. The molecule has 212 valence electrons. The highest BCUT2D eigenvalue weighted by Gasteiger charge is 2.35. The number of nitriles is 1. The minimum absolute atomic E-state index is 0.0368. The van der Waals surface area contributed by atoms with Crippen LogP contribution in [0.15, 0.2) is 36.5 Å². The van der Waals surface area contributed by atoms with Crippen molar-refractivity contribution < 1.29 is 19.1 Å². The summed E-state index contributed by atoms with van der Waals surface area (Å²) in [6.07, 6.45) is 5.74. The monoisotopic (exact) mass is 545 g/mol. The summed E-state index contributed by atoms with van der Waals surface area (Å²) in [5.41, 5.74) is 3.41. The Labute approximate surface area is 236 Å². The Balaban J connectivity index is 1.43. The van der Waals surface area contributed by atoms with Gasteiger partial charge in [0.1, 0.15) is 17.3 Å². The SMILES string of the molecule is CC(C)N1Cc2cc(-c3ccc(CC(C#N)NC(=O)N(C(=O)OC(C)(C)C)C4CCCCC4)cc3)cnc2C1=O. The molecule has 1 atom stereocenters. The fourth-order valence-electron chi connectivity index (χ4n) is 5.25.